The third-order valence-corrected chi connectivity index (χ3v) is 3.37. The SMILES string of the molecule is COCCN1C(=O)S/C(=C/C=C/c2ccco2)C1=O. The van der Waals surface area contributed by atoms with Crippen molar-refractivity contribution in [2.45, 2.75) is 0 Å². The van der Waals surface area contributed by atoms with Gasteiger partial charge in [0.1, 0.15) is 5.76 Å². The summed E-state index contributed by atoms with van der Waals surface area (Å²) in [4.78, 5) is 25.1. The Bertz CT molecular complexity index is 519. The Morgan fingerprint density at radius 1 is 1.47 bits per heavy atom. The summed E-state index contributed by atoms with van der Waals surface area (Å²) in [5.74, 6) is 0.408. The minimum absolute atomic E-state index is 0.264. The van der Waals surface area contributed by atoms with Crippen molar-refractivity contribution in [3.05, 3.63) is 41.2 Å². The summed E-state index contributed by atoms with van der Waals surface area (Å²) in [7, 11) is 1.53. The highest BCUT2D eigenvalue weighted by Crippen LogP contribution is 2.30. The average molecular weight is 279 g/mol. The molecule has 1 aromatic rings. The number of hydrogen-bond acceptors (Lipinski definition) is 5. The van der Waals surface area contributed by atoms with E-state index >= 15 is 0 Å². The van der Waals surface area contributed by atoms with Crippen LogP contribution in [-0.2, 0) is 9.53 Å². The zero-order chi connectivity index (χ0) is 13.7. The van der Waals surface area contributed by atoms with Crippen LogP contribution in [-0.4, -0.2) is 36.3 Å². The summed E-state index contributed by atoms with van der Waals surface area (Å²) in [5.41, 5.74) is 0. The number of imide groups is 1. The fourth-order valence-electron chi connectivity index (χ4n) is 1.51. The van der Waals surface area contributed by atoms with E-state index in [9.17, 15) is 9.59 Å². The van der Waals surface area contributed by atoms with Crippen LogP contribution in [0.1, 0.15) is 5.76 Å². The maximum absolute atomic E-state index is 11.9. The lowest BCUT2D eigenvalue weighted by Gasteiger charge is -2.10. The molecule has 6 heteroatoms. The molecule has 1 aliphatic heterocycles. The smallest absolute Gasteiger partial charge is 0.293 e. The van der Waals surface area contributed by atoms with Crippen molar-refractivity contribution >= 4 is 29.0 Å². The number of thioether (sulfide) groups is 1. The predicted octanol–water partition coefficient (Wildman–Crippen LogP) is 2.52. The first-order valence-electron chi connectivity index (χ1n) is 5.67. The van der Waals surface area contributed by atoms with Gasteiger partial charge in [0.2, 0.25) is 0 Å². The molecule has 0 atom stereocenters. The number of methoxy groups -OCH3 is 1. The molecule has 1 fully saturated rings. The number of rotatable bonds is 5. The van der Waals surface area contributed by atoms with Crippen LogP contribution >= 0.6 is 11.8 Å². The number of ether oxygens (including phenoxy) is 1. The van der Waals surface area contributed by atoms with E-state index in [-0.39, 0.29) is 17.7 Å². The Hall–Kier alpha value is -1.79. The summed E-state index contributed by atoms with van der Waals surface area (Å²) in [5, 5.41) is -0.264. The van der Waals surface area contributed by atoms with Gasteiger partial charge in [0.05, 0.1) is 24.3 Å². The van der Waals surface area contributed by atoms with Crippen molar-refractivity contribution in [3.8, 4) is 0 Å². The van der Waals surface area contributed by atoms with Gasteiger partial charge < -0.3 is 9.15 Å². The second-order valence-electron chi connectivity index (χ2n) is 3.72. The van der Waals surface area contributed by atoms with Gasteiger partial charge in [0, 0.05) is 7.11 Å². The molecule has 1 aliphatic rings. The van der Waals surface area contributed by atoms with Crippen molar-refractivity contribution < 1.29 is 18.7 Å². The van der Waals surface area contributed by atoms with Crippen LogP contribution in [0.4, 0.5) is 4.79 Å². The number of allylic oxidation sites excluding steroid dienone is 2. The topological polar surface area (TPSA) is 59.8 Å². The first-order chi connectivity index (χ1) is 9.22. The Balaban J connectivity index is 2.01. The van der Waals surface area contributed by atoms with Crippen molar-refractivity contribution in [1.29, 1.82) is 0 Å². The van der Waals surface area contributed by atoms with E-state index in [1.54, 1.807) is 36.6 Å². The molecular weight excluding hydrogens is 266 g/mol. The molecule has 0 N–H and O–H groups in total. The van der Waals surface area contributed by atoms with Crippen molar-refractivity contribution in [3.63, 3.8) is 0 Å². The Morgan fingerprint density at radius 2 is 2.32 bits per heavy atom. The molecule has 1 saturated heterocycles. The van der Waals surface area contributed by atoms with Gasteiger partial charge in [-0.3, -0.25) is 14.5 Å². The number of amides is 2. The van der Waals surface area contributed by atoms with E-state index in [4.69, 9.17) is 9.15 Å². The molecule has 2 heterocycles. The Labute approximate surface area is 114 Å². The molecule has 1 aromatic heterocycles. The largest absolute Gasteiger partial charge is 0.465 e. The molecule has 0 aliphatic carbocycles. The maximum atomic E-state index is 11.9. The van der Waals surface area contributed by atoms with E-state index in [2.05, 4.69) is 0 Å². The van der Waals surface area contributed by atoms with E-state index < -0.39 is 0 Å². The molecule has 19 heavy (non-hydrogen) atoms. The second-order valence-corrected chi connectivity index (χ2v) is 4.72. The molecule has 0 radical (unpaired) electrons. The van der Waals surface area contributed by atoms with E-state index in [1.165, 1.54) is 12.0 Å². The van der Waals surface area contributed by atoms with Crippen molar-refractivity contribution in [2.75, 3.05) is 20.3 Å². The van der Waals surface area contributed by atoms with Crippen molar-refractivity contribution in [1.82, 2.24) is 4.90 Å². The predicted molar refractivity (Wildman–Crippen MR) is 72.4 cm³/mol. The molecule has 0 saturated carbocycles. The second kappa shape index (κ2) is 6.40. The summed E-state index contributed by atoms with van der Waals surface area (Å²) >= 11 is 0.931. The molecular formula is C13H13NO4S. The first kappa shape index (κ1) is 13.6. The molecule has 100 valence electrons. The fraction of sp³-hybridized carbons (Fsp3) is 0.231. The molecule has 2 rings (SSSR count). The van der Waals surface area contributed by atoms with Crippen LogP contribution in [0.2, 0.25) is 0 Å². The van der Waals surface area contributed by atoms with Gasteiger partial charge in [-0.05, 0) is 36.0 Å². The summed E-state index contributed by atoms with van der Waals surface area (Å²) in [6.45, 7) is 0.619. The lowest BCUT2D eigenvalue weighted by Crippen LogP contribution is -2.31. The molecule has 0 spiro atoms. The summed E-state index contributed by atoms with van der Waals surface area (Å²) in [6.07, 6.45) is 6.59. The number of nitrogens with zero attached hydrogens (tertiary/aromatic N) is 1. The van der Waals surface area contributed by atoms with E-state index in [0.29, 0.717) is 17.3 Å². The Morgan fingerprint density at radius 3 is 3.00 bits per heavy atom. The van der Waals surface area contributed by atoms with Gasteiger partial charge in [-0.25, -0.2) is 0 Å². The Kier molecular flexibility index (Phi) is 4.59. The van der Waals surface area contributed by atoms with Gasteiger partial charge in [-0.2, -0.15) is 0 Å². The normalized spacial score (nSPS) is 18.2. The van der Waals surface area contributed by atoms with Gasteiger partial charge in [0.25, 0.3) is 11.1 Å². The standard InChI is InChI=1S/C13H13NO4S/c1-17-9-7-14-12(15)11(19-13(14)16)6-2-4-10-5-3-8-18-10/h2-6,8H,7,9H2,1H3/b4-2+,11-6+. The number of furan rings is 1. The molecule has 0 unspecified atom stereocenters. The maximum Gasteiger partial charge on any atom is 0.293 e. The van der Waals surface area contributed by atoms with Crippen LogP contribution in [0.5, 0.6) is 0 Å². The lowest BCUT2D eigenvalue weighted by atomic mass is 10.3. The summed E-state index contributed by atoms with van der Waals surface area (Å²) in [6, 6.07) is 3.58. The number of carbonyl (C=O) groups excluding carboxylic acids is 2. The highest BCUT2D eigenvalue weighted by molar-refractivity contribution is 8.18. The minimum atomic E-state index is -0.281. The monoisotopic (exact) mass is 279 g/mol. The molecule has 0 aromatic carbocycles. The molecule has 0 bridgehead atoms. The minimum Gasteiger partial charge on any atom is -0.465 e. The molecule has 5 nitrogen and oxygen atoms in total. The van der Waals surface area contributed by atoms with Gasteiger partial charge in [-0.1, -0.05) is 6.08 Å². The summed E-state index contributed by atoms with van der Waals surface area (Å²) < 4.78 is 9.98. The van der Waals surface area contributed by atoms with Crippen LogP contribution in [0.15, 0.2) is 39.9 Å². The van der Waals surface area contributed by atoms with Crippen molar-refractivity contribution in [2.24, 2.45) is 0 Å². The zero-order valence-electron chi connectivity index (χ0n) is 10.4. The zero-order valence-corrected chi connectivity index (χ0v) is 11.2. The van der Waals surface area contributed by atoms with Gasteiger partial charge in [-0.15, -0.1) is 0 Å². The molecule has 2 amide bonds. The van der Waals surface area contributed by atoms with Gasteiger partial charge in [0.15, 0.2) is 0 Å². The number of carbonyl (C=O) groups is 2. The number of hydrogen-bond donors (Lipinski definition) is 0. The highest BCUT2D eigenvalue weighted by atomic mass is 32.2. The first-order valence-corrected chi connectivity index (χ1v) is 6.48. The third kappa shape index (κ3) is 3.36. The average Bonchev–Trinajstić information content (AvgIpc) is 2.98. The van der Waals surface area contributed by atoms with E-state index in [0.717, 1.165) is 11.8 Å². The van der Waals surface area contributed by atoms with Crippen LogP contribution < -0.4 is 0 Å². The highest BCUT2D eigenvalue weighted by Gasteiger charge is 2.34. The van der Waals surface area contributed by atoms with Crippen LogP contribution in [0, 0.1) is 0 Å². The van der Waals surface area contributed by atoms with Crippen LogP contribution in [0.25, 0.3) is 6.08 Å². The van der Waals surface area contributed by atoms with Crippen LogP contribution in [0.3, 0.4) is 0 Å². The van der Waals surface area contributed by atoms with Gasteiger partial charge >= 0.3 is 0 Å². The lowest BCUT2D eigenvalue weighted by molar-refractivity contribution is -0.123. The van der Waals surface area contributed by atoms with E-state index in [1.807, 2.05) is 0 Å². The fourth-order valence-corrected chi connectivity index (χ4v) is 2.32. The third-order valence-electron chi connectivity index (χ3n) is 2.44. The quantitative estimate of drug-likeness (QED) is 0.775.